The van der Waals surface area contributed by atoms with Gasteiger partial charge in [0.25, 0.3) is 0 Å². The van der Waals surface area contributed by atoms with E-state index in [0.29, 0.717) is 6.04 Å². The maximum absolute atomic E-state index is 3.52. The minimum atomic E-state index is 0.688. The maximum Gasteiger partial charge on any atom is 0.0320 e. The van der Waals surface area contributed by atoms with Crippen LogP contribution in [0.4, 0.5) is 0 Å². The van der Waals surface area contributed by atoms with Gasteiger partial charge in [-0.05, 0) is 13.0 Å². The van der Waals surface area contributed by atoms with Crippen LogP contribution in [0, 0.1) is 5.92 Å². The Labute approximate surface area is 97.2 Å². The normalized spacial score (nSPS) is 32.6. The predicted molar refractivity (Wildman–Crippen MR) is 70.5 cm³/mol. The van der Waals surface area contributed by atoms with Crippen LogP contribution in [-0.4, -0.2) is 35.1 Å². The Kier molecular flexibility index (Phi) is 5.72. The summed E-state index contributed by atoms with van der Waals surface area (Å²) in [4.78, 5) is 0. The van der Waals surface area contributed by atoms with Crippen molar-refractivity contribution in [1.82, 2.24) is 5.32 Å². The molecule has 0 bridgehead atoms. The average Bonchev–Trinajstić information content (AvgIpc) is 2.21. The van der Waals surface area contributed by atoms with Crippen molar-refractivity contribution in [1.29, 1.82) is 0 Å². The van der Waals surface area contributed by atoms with Gasteiger partial charge in [0.05, 0.1) is 0 Å². The fourth-order valence-electron chi connectivity index (χ4n) is 2.07. The molecule has 4 atom stereocenters. The molecule has 0 saturated carbocycles. The third-order valence-corrected chi connectivity index (χ3v) is 6.40. The van der Waals surface area contributed by atoms with Crippen LogP contribution in [-0.2, 0) is 0 Å². The van der Waals surface area contributed by atoms with Crippen molar-refractivity contribution in [3.8, 4) is 0 Å². The Bertz CT molecular complexity index is 159. The predicted octanol–water partition coefficient (Wildman–Crippen LogP) is 2.86. The van der Waals surface area contributed by atoms with Crippen LogP contribution in [0.5, 0.6) is 0 Å². The molecule has 1 aliphatic rings. The number of thioether (sulfide) groups is 2. The highest BCUT2D eigenvalue weighted by Crippen LogP contribution is 2.35. The number of rotatable bonds is 4. The summed E-state index contributed by atoms with van der Waals surface area (Å²) in [6, 6.07) is 0.688. The highest BCUT2D eigenvalue weighted by Gasteiger charge is 2.31. The van der Waals surface area contributed by atoms with Gasteiger partial charge >= 0.3 is 0 Å². The lowest BCUT2D eigenvalue weighted by Crippen LogP contribution is -2.46. The van der Waals surface area contributed by atoms with E-state index in [4.69, 9.17) is 0 Å². The maximum atomic E-state index is 3.52. The molecule has 1 fully saturated rings. The Morgan fingerprint density at radius 1 is 1.36 bits per heavy atom. The van der Waals surface area contributed by atoms with Crippen LogP contribution in [0.15, 0.2) is 0 Å². The van der Waals surface area contributed by atoms with Crippen LogP contribution in [0.3, 0.4) is 0 Å². The topological polar surface area (TPSA) is 12.0 Å². The lowest BCUT2D eigenvalue weighted by Gasteiger charge is -2.37. The summed E-state index contributed by atoms with van der Waals surface area (Å²) in [5.41, 5.74) is 0. The molecule has 1 rings (SSSR count). The van der Waals surface area contributed by atoms with Crippen LogP contribution in [0.1, 0.15) is 27.2 Å². The van der Waals surface area contributed by atoms with Crippen molar-refractivity contribution in [2.75, 3.05) is 18.6 Å². The van der Waals surface area contributed by atoms with Gasteiger partial charge in [-0.1, -0.05) is 27.2 Å². The SMILES string of the molecule is CCC(C)C(NC)C1SCCSC1C. The van der Waals surface area contributed by atoms with E-state index in [1.54, 1.807) is 0 Å². The highest BCUT2D eigenvalue weighted by molar-refractivity contribution is 8.07. The van der Waals surface area contributed by atoms with Gasteiger partial charge in [-0.2, -0.15) is 23.5 Å². The summed E-state index contributed by atoms with van der Waals surface area (Å²) >= 11 is 4.30. The van der Waals surface area contributed by atoms with Crippen molar-refractivity contribution < 1.29 is 0 Å². The molecule has 4 unspecified atom stereocenters. The summed E-state index contributed by atoms with van der Waals surface area (Å²) in [5.74, 6) is 3.45. The Morgan fingerprint density at radius 2 is 2.00 bits per heavy atom. The molecule has 0 spiro atoms. The standard InChI is InChI=1S/C11H23NS2/c1-5-8(2)10(12-4)11-9(3)13-6-7-14-11/h8-12H,5-7H2,1-4H3. The van der Waals surface area contributed by atoms with Crippen LogP contribution < -0.4 is 5.32 Å². The van der Waals surface area contributed by atoms with E-state index in [2.05, 4.69) is 56.7 Å². The fraction of sp³-hybridized carbons (Fsp3) is 1.00. The van der Waals surface area contributed by atoms with E-state index in [1.165, 1.54) is 17.9 Å². The number of nitrogens with one attached hydrogen (secondary N) is 1. The Hall–Kier alpha value is 0.660. The molecule has 0 aromatic rings. The molecule has 0 aromatic carbocycles. The van der Waals surface area contributed by atoms with Crippen molar-refractivity contribution in [2.24, 2.45) is 5.92 Å². The molecular weight excluding hydrogens is 210 g/mol. The van der Waals surface area contributed by atoms with E-state index in [1.807, 2.05) is 0 Å². The van der Waals surface area contributed by atoms with Gasteiger partial charge in [-0.15, -0.1) is 0 Å². The molecule has 1 aliphatic heterocycles. The third-order valence-electron chi connectivity index (χ3n) is 3.18. The lowest BCUT2D eigenvalue weighted by atomic mass is 9.95. The van der Waals surface area contributed by atoms with E-state index in [0.717, 1.165) is 16.4 Å². The summed E-state index contributed by atoms with van der Waals surface area (Å²) in [6.45, 7) is 7.04. The second-order valence-corrected chi connectivity index (χ2v) is 6.88. The average molecular weight is 233 g/mol. The molecule has 14 heavy (non-hydrogen) atoms. The first kappa shape index (κ1) is 12.7. The number of hydrogen-bond donors (Lipinski definition) is 1. The molecular formula is C11H23NS2. The zero-order valence-corrected chi connectivity index (χ0v) is 11.4. The van der Waals surface area contributed by atoms with E-state index >= 15 is 0 Å². The second kappa shape index (κ2) is 6.29. The third kappa shape index (κ3) is 3.07. The summed E-state index contributed by atoms with van der Waals surface area (Å²) in [5, 5.41) is 5.12. The largest absolute Gasteiger partial charge is 0.316 e. The molecule has 84 valence electrons. The van der Waals surface area contributed by atoms with Crippen molar-refractivity contribution in [3.05, 3.63) is 0 Å². The van der Waals surface area contributed by atoms with Gasteiger partial charge in [-0.25, -0.2) is 0 Å². The molecule has 1 nitrogen and oxygen atoms in total. The van der Waals surface area contributed by atoms with Gasteiger partial charge in [0.15, 0.2) is 0 Å². The quantitative estimate of drug-likeness (QED) is 0.802. The summed E-state index contributed by atoms with van der Waals surface area (Å²) < 4.78 is 0. The van der Waals surface area contributed by atoms with Gasteiger partial charge in [-0.3, -0.25) is 0 Å². The van der Waals surface area contributed by atoms with E-state index < -0.39 is 0 Å². The smallest absolute Gasteiger partial charge is 0.0320 e. The van der Waals surface area contributed by atoms with E-state index in [9.17, 15) is 0 Å². The van der Waals surface area contributed by atoms with Crippen LogP contribution >= 0.6 is 23.5 Å². The number of hydrogen-bond acceptors (Lipinski definition) is 3. The minimum Gasteiger partial charge on any atom is -0.316 e. The van der Waals surface area contributed by atoms with Gasteiger partial charge in [0, 0.05) is 28.0 Å². The van der Waals surface area contributed by atoms with Gasteiger partial charge in [0.1, 0.15) is 0 Å². The monoisotopic (exact) mass is 233 g/mol. The summed E-state index contributed by atoms with van der Waals surface area (Å²) in [7, 11) is 2.11. The van der Waals surface area contributed by atoms with Gasteiger partial charge < -0.3 is 5.32 Å². The van der Waals surface area contributed by atoms with Crippen molar-refractivity contribution >= 4 is 23.5 Å². The lowest BCUT2D eigenvalue weighted by molar-refractivity contribution is 0.376. The highest BCUT2D eigenvalue weighted by atomic mass is 32.2. The van der Waals surface area contributed by atoms with Crippen LogP contribution in [0.25, 0.3) is 0 Å². The first-order chi connectivity index (χ1) is 6.70. The molecule has 0 aliphatic carbocycles. The molecule has 1 heterocycles. The van der Waals surface area contributed by atoms with Crippen molar-refractivity contribution in [3.63, 3.8) is 0 Å². The first-order valence-corrected chi connectivity index (χ1v) is 7.70. The molecule has 1 N–H and O–H groups in total. The molecule has 3 heteroatoms. The first-order valence-electron chi connectivity index (χ1n) is 5.61. The van der Waals surface area contributed by atoms with Crippen LogP contribution in [0.2, 0.25) is 0 Å². The minimum absolute atomic E-state index is 0.688. The Balaban J connectivity index is 2.57. The van der Waals surface area contributed by atoms with Crippen molar-refractivity contribution in [2.45, 2.75) is 43.7 Å². The molecule has 1 saturated heterocycles. The molecule has 0 radical (unpaired) electrons. The molecule has 0 amide bonds. The molecule has 0 aromatic heterocycles. The summed E-state index contributed by atoms with van der Waals surface area (Å²) in [6.07, 6.45) is 1.28. The van der Waals surface area contributed by atoms with E-state index in [-0.39, 0.29) is 0 Å². The zero-order valence-electron chi connectivity index (χ0n) is 9.75. The van der Waals surface area contributed by atoms with Gasteiger partial charge in [0.2, 0.25) is 0 Å². The zero-order chi connectivity index (χ0) is 10.6. The Morgan fingerprint density at radius 3 is 2.50 bits per heavy atom. The second-order valence-electron chi connectivity index (χ2n) is 4.11. The fourth-order valence-corrected chi connectivity index (χ4v) is 5.20.